The average molecular weight is 276 g/mol. The first-order valence-corrected chi connectivity index (χ1v) is 7.99. The van der Waals surface area contributed by atoms with E-state index in [4.69, 9.17) is 4.74 Å². The Hall–Kier alpha value is -2.02. The highest BCUT2D eigenvalue weighted by Crippen LogP contribution is 2.36. The molecule has 0 heterocycles. The topological polar surface area (TPSA) is 9.23 Å². The molecule has 0 radical (unpaired) electrons. The quantitative estimate of drug-likeness (QED) is 0.545. The maximum atomic E-state index is 6.48. The van der Waals surface area contributed by atoms with Crippen molar-refractivity contribution in [3.63, 3.8) is 0 Å². The summed E-state index contributed by atoms with van der Waals surface area (Å²) in [6.07, 6.45) is 6.72. The molecule has 1 aliphatic carbocycles. The predicted molar refractivity (Wildman–Crippen MR) is 89.0 cm³/mol. The van der Waals surface area contributed by atoms with Gasteiger partial charge in [0, 0.05) is 10.8 Å². The van der Waals surface area contributed by atoms with E-state index in [0.29, 0.717) is 6.10 Å². The van der Waals surface area contributed by atoms with E-state index >= 15 is 0 Å². The lowest BCUT2D eigenvalue weighted by atomic mass is 9.97. The molecule has 0 unspecified atom stereocenters. The maximum absolute atomic E-state index is 6.48. The van der Waals surface area contributed by atoms with Crippen LogP contribution in [-0.4, -0.2) is 6.10 Å². The van der Waals surface area contributed by atoms with Crippen molar-refractivity contribution in [2.45, 2.75) is 38.2 Å². The fraction of sp³-hybridized carbons (Fsp3) is 0.300. The van der Waals surface area contributed by atoms with Gasteiger partial charge in [0.1, 0.15) is 5.75 Å². The monoisotopic (exact) mass is 276 g/mol. The molecule has 1 saturated carbocycles. The molecule has 0 aromatic heterocycles. The lowest BCUT2D eigenvalue weighted by Crippen LogP contribution is -2.19. The molecule has 3 aromatic carbocycles. The Morgan fingerprint density at radius 3 is 1.90 bits per heavy atom. The number of fused-ring (bicyclic) bond motifs is 2. The minimum absolute atomic E-state index is 0.382. The van der Waals surface area contributed by atoms with Crippen molar-refractivity contribution < 1.29 is 4.74 Å². The normalized spacial score (nSPS) is 16.4. The molecule has 0 saturated heterocycles. The molecule has 106 valence electrons. The summed E-state index contributed by atoms with van der Waals surface area (Å²) < 4.78 is 6.48. The van der Waals surface area contributed by atoms with E-state index in [1.165, 1.54) is 53.6 Å². The summed E-state index contributed by atoms with van der Waals surface area (Å²) in [6.45, 7) is 0. The Morgan fingerprint density at radius 2 is 1.29 bits per heavy atom. The van der Waals surface area contributed by atoms with Gasteiger partial charge in [0.25, 0.3) is 0 Å². The third-order valence-electron chi connectivity index (χ3n) is 4.56. The number of ether oxygens (including phenoxy) is 1. The largest absolute Gasteiger partial charge is 0.489 e. The highest BCUT2D eigenvalue weighted by atomic mass is 16.5. The summed E-state index contributed by atoms with van der Waals surface area (Å²) in [7, 11) is 0. The van der Waals surface area contributed by atoms with Crippen LogP contribution < -0.4 is 4.74 Å². The highest BCUT2D eigenvalue weighted by Gasteiger charge is 2.17. The summed E-state index contributed by atoms with van der Waals surface area (Å²) >= 11 is 0. The Bertz CT molecular complexity index is 715. The van der Waals surface area contributed by atoms with Crippen molar-refractivity contribution >= 4 is 21.5 Å². The van der Waals surface area contributed by atoms with Crippen molar-refractivity contribution in [2.75, 3.05) is 0 Å². The summed E-state index contributed by atoms with van der Waals surface area (Å²) in [4.78, 5) is 0. The van der Waals surface area contributed by atoms with E-state index < -0.39 is 0 Å². The molecule has 0 spiro atoms. The summed E-state index contributed by atoms with van der Waals surface area (Å²) in [5, 5.41) is 5.01. The Kier molecular flexibility index (Phi) is 3.27. The second kappa shape index (κ2) is 5.40. The first-order valence-electron chi connectivity index (χ1n) is 7.99. The molecule has 1 nitrogen and oxygen atoms in total. The van der Waals surface area contributed by atoms with Gasteiger partial charge in [0.2, 0.25) is 0 Å². The van der Waals surface area contributed by atoms with Crippen LogP contribution >= 0.6 is 0 Å². The van der Waals surface area contributed by atoms with Gasteiger partial charge in [-0.1, -0.05) is 55.0 Å². The number of hydrogen-bond acceptors (Lipinski definition) is 1. The second-order valence-electron chi connectivity index (χ2n) is 6.03. The molecule has 0 atom stereocenters. The average Bonchev–Trinajstić information content (AvgIpc) is 2.55. The second-order valence-corrected chi connectivity index (χ2v) is 6.03. The fourth-order valence-electron chi connectivity index (χ4n) is 3.45. The number of rotatable bonds is 2. The molecular weight excluding hydrogens is 256 g/mol. The molecule has 21 heavy (non-hydrogen) atoms. The summed E-state index contributed by atoms with van der Waals surface area (Å²) in [6, 6.07) is 19.4. The molecule has 0 amide bonds. The minimum Gasteiger partial charge on any atom is -0.489 e. The summed E-state index contributed by atoms with van der Waals surface area (Å²) in [5.74, 6) is 1.08. The Balaban J connectivity index is 1.89. The zero-order valence-corrected chi connectivity index (χ0v) is 12.2. The third kappa shape index (κ3) is 2.37. The van der Waals surface area contributed by atoms with Crippen LogP contribution in [0.25, 0.3) is 21.5 Å². The van der Waals surface area contributed by atoms with Gasteiger partial charge in [-0.25, -0.2) is 0 Å². The predicted octanol–water partition coefficient (Wildman–Crippen LogP) is 5.70. The lowest BCUT2D eigenvalue weighted by molar-refractivity contribution is 0.159. The van der Waals surface area contributed by atoms with E-state index in [0.717, 1.165) is 5.75 Å². The van der Waals surface area contributed by atoms with Gasteiger partial charge in [-0.3, -0.25) is 0 Å². The molecule has 4 rings (SSSR count). The van der Waals surface area contributed by atoms with E-state index in [2.05, 4.69) is 54.6 Å². The Morgan fingerprint density at radius 1 is 0.714 bits per heavy atom. The lowest BCUT2D eigenvalue weighted by Gasteiger charge is -2.24. The maximum Gasteiger partial charge on any atom is 0.135 e. The van der Waals surface area contributed by atoms with Crippen molar-refractivity contribution in [3.05, 3.63) is 54.6 Å². The molecule has 1 heteroatoms. The van der Waals surface area contributed by atoms with Crippen LogP contribution in [0, 0.1) is 0 Å². The van der Waals surface area contributed by atoms with Crippen LogP contribution in [0.15, 0.2) is 54.6 Å². The van der Waals surface area contributed by atoms with Crippen LogP contribution in [0.5, 0.6) is 5.75 Å². The molecule has 1 fully saturated rings. The molecule has 0 bridgehead atoms. The number of hydrogen-bond donors (Lipinski definition) is 0. The van der Waals surface area contributed by atoms with Gasteiger partial charge >= 0.3 is 0 Å². The Labute approximate surface area is 125 Å². The van der Waals surface area contributed by atoms with E-state index in [1.807, 2.05) is 0 Å². The third-order valence-corrected chi connectivity index (χ3v) is 4.56. The van der Waals surface area contributed by atoms with Crippen molar-refractivity contribution in [3.8, 4) is 5.75 Å². The van der Waals surface area contributed by atoms with E-state index in [1.54, 1.807) is 0 Å². The van der Waals surface area contributed by atoms with Crippen LogP contribution in [-0.2, 0) is 0 Å². The molecule has 1 aliphatic rings. The van der Waals surface area contributed by atoms with E-state index in [9.17, 15) is 0 Å². The smallest absolute Gasteiger partial charge is 0.135 e. The molecule has 3 aromatic rings. The highest BCUT2D eigenvalue weighted by molar-refractivity contribution is 6.05. The SMILES string of the molecule is c1ccc2c(OC3CCCCC3)c3ccccc3cc2c1. The molecule has 0 N–H and O–H groups in total. The zero-order valence-electron chi connectivity index (χ0n) is 12.2. The van der Waals surface area contributed by atoms with Crippen LogP contribution in [0.3, 0.4) is 0 Å². The van der Waals surface area contributed by atoms with Gasteiger partial charge < -0.3 is 4.74 Å². The summed E-state index contributed by atoms with van der Waals surface area (Å²) in [5.41, 5.74) is 0. The zero-order chi connectivity index (χ0) is 14.1. The van der Waals surface area contributed by atoms with Crippen LogP contribution in [0.2, 0.25) is 0 Å². The van der Waals surface area contributed by atoms with Gasteiger partial charge in [0.05, 0.1) is 6.10 Å². The number of benzene rings is 3. The fourth-order valence-corrected chi connectivity index (χ4v) is 3.45. The van der Waals surface area contributed by atoms with Crippen molar-refractivity contribution in [2.24, 2.45) is 0 Å². The molecule has 0 aliphatic heterocycles. The van der Waals surface area contributed by atoms with Gasteiger partial charge in [-0.05, 0) is 42.5 Å². The van der Waals surface area contributed by atoms with Crippen LogP contribution in [0.4, 0.5) is 0 Å². The molecular formula is C20H20O. The first-order chi connectivity index (χ1) is 10.4. The van der Waals surface area contributed by atoms with E-state index in [-0.39, 0.29) is 0 Å². The van der Waals surface area contributed by atoms with Gasteiger partial charge in [-0.15, -0.1) is 0 Å². The standard InChI is InChI=1S/C20H20O/c1-2-10-17(11-3-1)21-20-18-12-6-4-8-15(18)14-16-9-5-7-13-19(16)20/h4-9,12-14,17H,1-3,10-11H2. The van der Waals surface area contributed by atoms with Crippen LogP contribution in [0.1, 0.15) is 32.1 Å². The minimum atomic E-state index is 0.382. The first kappa shape index (κ1) is 12.7. The van der Waals surface area contributed by atoms with Gasteiger partial charge in [0.15, 0.2) is 0 Å². The van der Waals surface area contributed by atoms with Gasteiger partial charge in [-0.2, -0.15) is 0 Å². The van der Waals surface area contributed by atoms with Crippen molar-refractivity contribution in [1.29, 1.82) is 0 Å². The van der Waals surface area contributed by atoms with Crippen molar-refractivity contribution in [1.82, 2.24) is 0 Å².